The number of hydrogen-bond donors (Lipinski definition) is 0. The number of rotatable bonds is 7. The van der Waals surface area contributed by atoms with E-state index in [1.54, 1.807) is 0 Å². The van der Waals surface area contributed by atoms with E-state index in [4.69, 9.17) is 0 Å². The molecule has 1 aliphatic rings. The third-order valence-electron chi connectivity index (χ3n) is 6.43. The molecule has 0 bridgehead atoms. The minimum absolute atomic E-state index is 0.230. The molecule has 34 heavy (non-hydrogen) atoms. The lowest BCUT2D eigenvalue weighted by Crippen LogP contribution is -2.35. The summed E-state index contributed by atoms with van der Waals surface area (Å²) in [5.74, 6) is -0.464. The summed E-state index contributed by atoms with van der Waals surface area (Å²) >= 11 is 0. The van der Waals surface area contributed by atoms with E-state index in [1.807, 2.05) is 91.8 Å². The van der Waals surface area contributed by atoms with Gasteiger partial charge in [0.2, 0.25) is 0 Å². The van der Waals surface area contributed by atoms with Gasteiger partial charge < -0.3 is 9.47 Å². The Labute approximate surface area is 199 Å². The van der Waals surface area contributed by atoms with Gasteiger partial charge in [-0.1, -0.05) is 78.9 Å². The summed E-state index contributed by atoms with van der Waals surface area (Å²) < 4.78 is 2.09. The molecular formula is C29H27N3O2. The maximum atomic E-state index is 13.6. The number of benzene rings is 3. The van der Waals surface area contributed by atoms with Crippen LogP contribution >= 0.6 is 0 Å². The van der Waals surface area contributed by atoms with Crippen LogP contribution in [0, 0.1) is 0 Å². The monoisotopic (exact) mass is 449 g/mol. The van der Waals surface area contributed by atoms with Gasteiger partial charge in [-0.2, -0.15) is 0 Å². The smallest absolute Gasteiger partial charge is 0.277 e. The van der Waals surface area contributed by atoms with Crippen molar-refractivity contribution in [3.8, 4) is 0 Å². The molecule has 2 heterocycles. The van der Waals surface area contributed by atoms with Crippen molar-refractivity contribution in [3.05, 3.63) is 114 Å². The van der Waals surface area contributed by atoms with Crippen LogP contribution in [0.25, 0.3) is 16.5 Å². The van der Waals surface area contributed by atoms with Crippen molar-refractivity contribution >= 4 is 28.3 Å². The summed E-state index contributed by atoms with van der Waals surface area (Å²) in [7, 11) is 3.90. The number of carbonyl (C=O) groups is 2. The van der Waals surface area contributed by atoms with E-state index in [2.05, 4.69) is 22.9 Å². The maximum absolute atomic E-state index is 13.6. The third-order valence-corrected chi connectivity index (χ3v) is 6.43. The summed E-state index contributed by atoms with van der Waals surface area (Å²) in [4.78, 5) is 30.5. The molecule has 170 valence electrons. The van der Waals surface area contributed by atoms with Crippen LogP contribution in [0.1, 0.15) is 16.7 Å². The number of para-hydroxylation sites is 1. The molecule has 0 unspecified atom stereocenters. The molecule has 5 nitrogen and oxygen atoms in total. The zero-order chi connectivity index (χ0) is 23.7. The number of nitrogens with zero attached hydrogens (tertiary/aromatic N) is 3. The van der Waals surface area contributed by atoms with Gasteiger partial charge in [0, 0.05) is 44.3 Å². The fraction of sp³-hybridized carbons (Fsp3) is 0.172. The first-order chi connectivity index (χ1) is 16.5. The Morgan fingerprint density at radius 1 is 0.794 bits per heavy atom. The topological polar surface area (TPSA) is 45.6 Å². The van der Waals surface area contributed by atoms with Crippen LogP contribution < -0.4 is 0 Å². The number of fused-ring (bicyclic) bond motifs is 1. The zero-order valence-corrected chi connectivity index (χ0v) is 19.4. The number of amides is 2. The molecule has 2 amide bonds. The summed E-state index contributed by atoms with van der Waals surface area (Å²) in [6.45, 7) is 0.882. The molecule has 0 fully saturated rings. The molecule has 0 spiro atoms. The first-order valence-corrected chi connectivity index (χ1v) is 11.5. The summed E-state index contributed by atoms with van der Waals surface area (Å²) in [6.07, 6.45) is 2.69. The maximum Gasteiger partial charge on any atom is 0.277 e. The highest BCUT2D eigenvalue weighted by Gasteiger charge is 2.40. The summed E-state index contributed by atoms with van der Waals surface area (Å²) in [6, 6.07) is 27.7. The molecule has 0 atom stereocenters. The van der Waals surface area contributed by atoms with E-state index >= 15 is 0 Å². The molecule has 0 radical (unpaired) electrons. The van der Waals surface area contributed by atoms with Gasteiger partial charge in [-0.3, -0.25) is 14.5 Å². The quantitative estimate of drug-likeness (QED) is 0.387. The lowest BCUT2D eigenvalue weighted by atomic mass is 10.0. The van der Waals surface area contributed by atoms with Gasteiger partial charge in [-0.25, -0.2) is 0 Å². The Morgan fingerprint density at radius 2 is 1.44 bits per heavy atom. The molecule has 0 aliphatic carbocycles. The van der Waals surface area contributed by atoms with Crippen molar-refractivity contribution in [2.75, 3.05) is 13.6 Å². The molecule has 4 aromatic rings. The summed E-state index contributed by atoms with van der Waals surface area (Å²) in [5, 5.41) is 1.15. The molecule has 0 N–H and O–H groups in total. The third kappa shape index (κ3) is 3.90. The Balaban J connectivity index is 1.45. The standard InChI is InChI=1S/C29H27N3O2/c1-30-20-23(24-15-9-10-16-25(24)30)17-18-32-28(33)26(22-13-7-4-8-14-22)27(29(32)34)31(2)19-21-11-5-3-6-12-21/h3-16,20H,17-19H2,1-2H3. The van der Waals surface area contributed by atoms with Gasteiger partial charge in [0.05, 0.1) is 5.57 Å². The van der Waals surface area contributed by atoms with Crippen LogP contribution in [-0.2, 0) is 29.6 Å². The first kappa shape index (κ1) is 21.7. The van der Waals surface area contributed by atoms with E-state index in [9.17, 15) is 9.59 Å². The fourth-order valence-electron chi connectivity index (χ4n) is 4.78. The van der Waals surface area contributed by atoms with Gasteiger partial charge in [-0.15, -0.1) is 0 Å². The van der Waals surface area contributed by atoms with E-state index in [1.165, 1.54) is 4.90 Å². The molecule has 1 aliphatic heterocycles. The van der Waals surface area contributed by atoms with Crippen molar-refractivity contribution in [2.45, 2.75) is 13.0 Å². The number of hydrogen-bond acceptors (Lipinski definition) is 3. The number of imide groups is 1. The molecule has 5 rings (SSSR count). The van der Waals surface area contributed by atoms with Crippen molar-refractivity contribution in [2.24, 2.45) is 7.05 Å². The zero-order valence-electron chi connectivity index (χ0n) is 19.4. The molecule has 3 aromatic carbocycles. The van der Waals surface area contributed by atoms with Gasteiger partial charge in [0.25, 0.3) is 11.8 Å². The van der Waals surface area contributed by atoms with Crippen molar-refractivity contribution in [1.29, 1.82) is 0 Å². The normalized spacial score (nSPS) is 13.9. The predicted molar refractivity (Wildman–Crippen MR) is 135 cm³/mol. The minimum Gasteiger partial charge on any atom is -0.365 e. The second kappa shape index (κ2) is 9.02. The number of likely N-dealkylation sites (N-methyl/N-ethyl adjacent to an activating group) is 1. The van der Waals surface area contributed by atoms with Crippen molar-refractivity contribution in [1.82, 2.24) is 14.4 Å². The second-order valence-corrected chi connectivity index (χ2v) is 8.73. The van der Waals surface area contributed by atoms with Crippen LogP contribution in [0.5, 0.6) is 0 Å². The van der Waals surface area contributed by atoms with Gasteiger partial charge >= 0.3 is 0 Å². The summed E-state index contributed by atoms with van der Waals surface area (Å²) in [5.41, 5.74) is 5.05. The SMILES string of the molecule is CN(Cc1ccccc1)C1=C(c2ccccc2)C(=O)N(CCc2cn(C)c3ccccc23)C1=O. The molecule has 1 aromatic heterocycles. The Hall–Kier alpha value is -4.12. The lowest BCUT2D eigenvalue weighted by molar-refractivity contribution is -0.137. The predicted octanol–water partition coefficient (Wildman–Crippen LogP) is 4.63. The van der Waals surface area contributed by atoms with Crippen LogP contribution in [0.4, 0.5) is 0 Å². The number of aromatic nitrogens is 1. The number of carbonyl (C=O) groups excluding carboxylic acids is 2. The highest BCUT2D eigenvalue weighted by Crippen LogP contribution is 2.32. The molecular weight excluding hydrogens is 422 g/mol. The second-order valence-electron chi connectivity index (χ2n) is 8.73. The Bertz CT molecular complexity index is 1390. The fourth-order valence-corrected chi connectivity index (χ4v) is 4.78. The highest BCUT2D eigenvalue weighted by molar-refractivity contribution is 6.35. The van der Waals surface area contributed by atoms with E-state index in [0.29, 0.717) is 30.8 Å². The van der Waals surface area contributed by atoms with Crippen LogP contribution in [0.15, 0.2) is 96.8 Å². The van der Waals surface area contributed by atoms with Crippen LogP contribution in [0.3, 0.4) is 0 Å². The average Bonchev–Trinajstić information content (AvgIpc) is 3.31. The lowest BCUT2D eigenvalue weighted by Gasteiger charge is -2.21. The van der Waals surface area contributed by atoms with Crippen LogP contribution in [-0.4, -0.2) is 39.8 Å². The van der Waals surface area contributed by atoms with Gasteiger partial charge in [0.1, 0.15) is 5.70 Å². The van der Waals surface area contributed by atoms with E-state index in [-0.39, 0.29) is 11.8 Å². The van der Waals surface area contributed by atoms with E-state index in [0.717, 1.165) is 27.6 Å². The molecule has 5 heteroatoms. The average molecular weight is 450 g/mol. The number of aryl methyl sites for hydroxylation is 1. The largest absolute Gasteiger partial charge is 0.365 e. The minimum atomic E-state index is -0.234. The van der Waals surface area contributed by atoms with Gasteiger partial charge in [-0.05, 0) is 29.2 Å². The van der Waals surface area contributed by atoms with Crippen LogP contribution in [0.2, 0.25) is 0 Å². The van der Waals surface area contributed by atoms with Crippen molar-refractivity contribution in [3.63, 3.8) is 0 Å². The van der Waals surface area contributed by atoms with E-state index < -0.39 is 0 Å². The van der Waals surface area contributed by atoms with Crippen molar-refractivity contribution < 1.29 is 9.59 Å². The molecule has 0 saturated carbocycles. The Morgan fingerprint density at radius 3 is 2.18 bits per heavy atom. The molecule has 0 saturated heterocycles. The van der Waals surface area contributed by atoms with Gasteiger partial charge in [0.15, 0.2) is 0 Å². The highest BCUT2D eigenvalue weighted by atomic mass is 16.2. The first-order valence-electron chi connectivity index (χ1n) is 11.5. The Kier molecular flexibility index (Phi) is 5.76.